The number of nitrogens with zero attached hydrogens (tertiary/aromatic N) is 1. The Labute approximate surface area is 103 Å². The SMILES string of the molecule is CC1NCCC1C(=O)Nc1ccc(Br)nc1. The normalized spacial score (nSPS) is 24.4. The number of carbonyl (C=O) groups excluding carboxylic acids is 1. The van der Waals surface area contributed by atoms with Gasteiger partial charge >= 0.3 is 0 Å². The van der Waals surface area contributed by atoms with Crippen molar-refractivity contribution in [2.24, 2.45) is 5.92 Å². The number of halogens is 1. The third-order valence-corrected chi connectivity index (χ3v) is 3.33. The van der Waals surface area contributed by atoms with E-state index >= 15 is 0 Å². The van der Waals surface area contributed by atoms with E-state index in [0.29, 0.717) is 0 Å². The van der Waals surface area contributed by atoms with Crippen LogP contribution in [0, 0.1) is 5.92 Å². The van der Waals surface area contributed by atoms with E-state index < -0.39 is 0 Å². The molecule has 16 heavy (non-hydrogen) atoms. The molecule has 0 bridgehead atoms. The summed E-state index contributed by atoms with van der Waals surface area (Å²) in [5.41, 5.74) is 0.743. The first-order valence-corrected chi connectivity index (χ1v) is 6.12. The summed E-state index contributed by atoms with van der Waals surface area (Å²) in [6.45, 7) is 2.95. The van der Waals surface area contributed by atoms with Gasteiger partial charge in [0.25, 0.3) is 0 Å². The van der Waals surface area contributed by atoms with E-state index in [4.69, 9.17) is 0 Å². The second kappa shape index (κ2) is 4.93. The van der Waals surface area contributed by atoms with Gasteiger partial charge in [-0.05, 0) is 48.0 Å². The number of hydrogen-bond acceptors (Lipinski definition) is 3. The molecule has 86 valence electrons. The number of aromatic nitrogens is 1. The summed E-state index contributed by atoms with van der Waals surface area (Å²) in [6.07, 6.45) is 2.55. The number of pyridine rings is 1. The summed E-state index contributed by atoms with van der Waals surface area (Å²) in [5.74, 6) is 0.130. The molecule has 1 amide bonds. The smallest absolute Gasteiger partial charge is 0.229 e. The van der Waals surface area contributed by atoms with Crippen molar-refractivity contribution >= 4 is 27.5 Å². The third-order valence-electron chi connectivity index (χ3n) is 2.86. The number of rotatable bonds is 2. The molecule has 2 heterocycles. The van der Waals surface area contributed by atoms with Crippen LogP contribution < -0.4 is 10.6 Å². The predicted molar refractivity (Wildman–Crippen MR) is 66.1 cm³/mol. The molecule has 0 aliphatic carbocycles. The summed E-state index contributed by atoms with van der Waals surface area (Å²) >= 11 is 3.25. The number of anilines is 1. The minimum atomic E-state index is 0.0589. The van der Waals surface area contributed by atoms with Crippen LogP contribution in [0.4, 0.5) is 5.69 Å². The van der Waals surface area contributed by atoms with E-state index in [-0.39, 0.29) is 17.9 Å². The third kappa shape index (κ3) is 2.59. The van der Waals surface area contributed by atoms with Gasteiger partial charge in [0, 0.05) is 6.04 Å². The molecule has 2 N–H and O–H groups in total. The minimum absolute atomic E-state index is 0.0589. The lowest BCUT2D eigenvalue weighted by molar-refractivity contribution is -0.120. The van der Waals surface area contributed by atoms with Crippen molar-refractivity contribution in [1.82, 2.24) is 10.3 Å². The maximum Gasteiger partial charge on any atom is 0.229 e. The average Bonchev–Trinajstić information content (AvgIpc) is 2.68. The Balaban J connectivity index is 1.99. The van der Waals surface area contributed by atoms with Crippen molar-refractivity contribution < 1.29 is 4.79 Å². The highest BCUT2D eigenvalue weighted by Gasteiger charge is 2.29. The van der Waals surface area contributed by atoms with Gasteiger partial charge in [-0.25, -0.2) is 4.98 Å². The van der Waals surface area contributed by atoms with Crippen molar-refractivity contribution in [3.63, 3.8) is 0 Å². The van der Waals surface area contributed by atoms with E-state index in [1.807, 2.05) is 19.1 Å². The van der Waals surface area contributed by atoms with Gasteiger partial charge in [-0.2, -0.15) is 0 Å². The molecule has 1 aliphatic rings. The van der Waals surface area contributed by atoms with Crippen LogP contribution in [-0.4, -0.2) is 23.5 Å². The zero-order valence-corrected chi connectivity index (χ0v) is 10.6. The first kappa shape index (κ1) is 11.5. The molecular weight excluding hydrogens is 270 g/mol. The molecule has 1 aromatic heterocycles. The van der Waals surface area contributed by atoms with E-state index in [0.717, 1.165) is 23.3 Å². The molecule has 0 radical (unpaired) electrons. The fraction of sp³-hybridized carbons (Fsp3) is 0.455. The molecule has 0 saturated carbocycles. The van der Waals surface area contributed by atoms with Crippen molar-refractivity contribution in [2.45, 2.75) is 19.4 Å². The fourth-order valence-corrected chi connectivity index (χ4v) is 2.14. The fourth-order valence-electron chi connectivity index (χ4n) is 1.90. The van der Waals surface area contributed by atoms with Crippen molar-refractivity contribution in [1.29, 1.82) is 0 Å². The second-order valence-corrected chi connectivity index (χ2v) is 4.81. The zero-order valence-electron chi connectivity index (χ0n) is 9.03. The Morgan fingerprint density at radius 2 is 2.44 bits per heavy atom. The molecule has 2 unspecified atom stereocenters. The van der Waals surface area contributed by atoms with Gasteiger partial charge in [-0.3, -0.25) is 4.79 Å². The Kier molecular flexibility index (Phi) is 3.56. The maximum absolute atomic E-state index is 11.9. The highest BCUT2D eigenvalue weighted by molar-refractivity contribution is 9.10. The van der Waals surface area contributed by atoms with Crippen molar-refractivity contribution in [2.75, 3.05) is 11.9 Å². The van der Waals surface area contributed by atoms with Gasteiger partial charge in [0.1, 0.15) is 4.60 Å². The van der Waals surface area contributed by atoms with Crippen molar-refractivity contribution in [3.8, 4) is 0 Å². The Morgan fingerprint density at radius 1 is 1.62 bits per heavy atom. The number of carbonyl (C=O) groups is 1. The summed E-state index contributed by atoms with van der Waals surface area (Å²) in [5, 5.41) is 6.14. The van der Waals surface area contributed by atoms with Gasteiger partial charge in [-0.15, -0.1) is 0 Å². The maximum atomic E-state index is 11.9. The molecular formula is C11H14BrN3O. The molecule has 2 atom stereocenters. The Hall–Kier alpha value is -0.940. The van der Waals surface area contributed by atoms with E-state index in [1.54, 1.807) is 6.20 Å². The Bertz CT molecular complexity index is 379. The Morgan fingerprint density at radius 3 is 3.00 bits per heavy atom. The molecule has 1 saturated heterocycles. The van der Waals surface area contributed by atoms with Crippen LogP contribution in [0.5, 0.6) is 0 Å². The van der Waals surface area contributed by atoms with Gasteiger partial charge in [0.05, 0.1) is 17.8 Å². The average molecular weight is 284 g/mol. The highest BCUT2D eigenvalue weighted by Crippen LogP contribution is 2.18. The lowest BCUT2D eigenvalue weighted by Crippen LogP contribution is -2.32. The zero-order chi connectivity index (χ0) is 11.5. The molecule has 5 heteroatoms. The molecule has 1 fully saturated rings. The predicted octanol–water partition coefficient (Wildman–Crippen LogP) is 1.78. The summed E-state index contributed by atoms with van der Waals surface area (Å²) in [6, 6.07) is 3.90. The number of nitrogens with one attached hydrogen (secondary N) is 2. The molecule has 1 aliphatic heterocycles. The van der Waals surface area contributed by atoms with E-state index in [1.165, 1.54) is 0 Å². The second-order valence-electron chi connectivity index (χ2n) is 4.00. The summed E-state index contributed by atoms with van der Waals surface area (Å²) in [4.78, 5) is 16.0. The van der Waals surface area contributed by atoms with Crippen LogP contribution in [0.1, 0.15) is 13.3 Å². The van der Waals surface area contributed by atoms with Gasteiger partial charge in [-0.1, -0.05) is 0 Å². The topological polar surface area (TPSA) is 54.0 Å². The molecule has 2 rings (SSSR count). The lowest BCUT2D eigenvalue weighted by Gasteiger charge is -2.14. The summed E-state index contributed by atoms with van der Waals surface area (Å²) in [7, 11) is 0. The monoisotopic (exact) mass is 283 g/mol. The largest absolute Gasteiger partial charge is 0.324 e. The summed E-state index contributed by atoms with van der Waals surface area (Å²) < 4.78 is 0.765. The minimum Gasteiger partial charge on any atom is -0.324 e. The van der Waals surface area contributed by atoms with E-state index in [9.17, 15) is 4.79 Å². The number of amides is 1. The number of hydrogen-bond donors (Lipinski definition) is 2. The molecule has 0 aromatic carbocycles. The van der Waals surface area contributed by atoms with E-state index in [2.05, 4.69) is 31.5 Å². The van der Waals surface area contributed by atoms with Gasteiger partial charge < -0.3 is 10.6 Å². The van der Waals surface area contributed by atoms with Crippen LogP contribution in [0.2, 0.25) is 0 Å². The van der Waals surface area contributed by atoms with Crippen LogP contribution in [0.15, 0.2) is 22.9 Å². The first-order valence-electron chi connectivity index (χ1n) is 5.32. The lowest BCUT2D eigenvalue weighted by atomic mass is 10.0. The molecule has 1 aromatic rings. The van der Waals surface area contributed by atoms with Crippen LogP contribution in [-0.2, 0) is 4.79 Å². The highest BCUT2D eigenvalue weighted by atomic mass is 79.9. The molecule has 4 nitrogen and oxygen atoms in total. The standard InChI is InChI=1S/C11H14BrN3O/c1-7-9(4-5-13-7)11(16)15-8-2-3-10(12)14-6-8/h2-3,6-7,9,13H,4-5H2,1H3,(H,15,16). The molecule has 0 spiro atoms. The first-order chi connectivity index (χ1) is 7.66. The van der Waals surface area contributed by atoms with Crippen LogP contribution >= 0.6 is 15.9 Å². The van der Waals surface area contributed by atoms with Crippen LogP contribution in [0.3, 0.4) is 0 Å². The van der Waals surface area contributed by atoms with Crippen LogP contribution in [0.25, 0.3) is 0 Å². The van der Waals surface area contributed by atoms with Crippen molar-refractivity contribution in [3.05, 3.63) is 22.9 Å². The van der Waals surface area contributed by atoms with Gasteiger partial charge in [0.15, 0.2) is 0 Å². The van der Waals surface area contributed by atoms with Gasteiger partial charge in [0.2, 0.25) is 5.91 Å². The quantitative estimate of drug-likeness (QED) is 0.814.